The standard InChI is InChI=1S/C16H22N2OS/c1-4-17-15(11-16-18-8-9-20-16)13-6-5-7-14(10-13)19-12(2)3/h5-10,12,15,17H,4,11H2,1-3H3. The van der Waals surface area contributed by atoms with E-state index in [2.05, 4.69) is 35.4 Å². The third-order valence-electron chi connectivity index (χ3n) is 2.94. The number of likely N-dealkylation sites (N-methyl/N-ethyl adjacent to an activating group) is 1. The Labute approximate surface area is 125 Å². The molecule has 1 unspecified atom stereocenters. The van der Waals surface area contributed by atoms with E-state index in [1.807, 2.05) is 31.5 Å². The fraction of sp³-hybridized carbons (Fsp3) is 0.438. The molecule has 0 aliphatic carbocycles. The van der Waals surface area contributed by atoms with Gasteiger partial charge >= 0.3 is 0 Å². The number of aromatic nitrogens is 1. The van der Waals surface area contributed by atoms with Gasteiger partial charge in [0.1, 0.15) is 5.75 Å². The van der Waals surface area contributed by atoms with Crippen LogP contribution in [0, 0.1) is 0 Å². The monoisotopic (exact) mass is 290 g/mol. The number of nitrogens with one attached hydrogen (secondary N) is 1. The SMILES string of the molecule is CCNC(Cc1nccs1)c1cccc(OC(C)C)c1. The molecule has 0 spiro atoms. The summed E-state index contributed by atoms with van der Waals surface area (Å²) in [4.78, 5) is 4.38. The minimum Gasteiger partial charge on any atom is -0.491 e. The zero-order valence-corrected chi connectivity index (χ0v) is 13.1. The molecule has 1 heterocycles. The van der Waals surface area contributed by atoms with Crippen LogP contribution in [-0.4, -0.2) is 17.6 Å². The number of hydrogen-bond acceptors (Lipinski definition) is 4. The first-order chi connectivity index (χ1) is 9.69. The number of ether oxygens (including phenoxy) is 1. The van der Waals surface area contributed by atoms with Gasteiger partial charge in [-0.05, 0) is 38.1 Å². The van der Waals surface area contributed by atoms with Crippen LogP contribution in [0.1, 0.15) is 37.4 Å². The quantitative estimate of drug-likeness (QED) is 0.841. The Balaban J connectivity index is 2.15. The van der Waals surface area contributed by atoms with Gasteiger partial charge in [-0.2, -0.15) is 0 Å². The third kappa shape index (κ3) is 4.32. The molecule has 0 amide bonds. The van der Waals surface area contributed by atoms with E-state index < -0.39 is 0 Å². The van der Waals surface area contributed by atoms with E-state index in [1.165, 1.54) is 5.56 Å². The van der Waals surface area contributed by atoms with Crippen molar-refractivity contribution in [2.75, 3.05) is 6.54 Å². The Bertz CT molecular complexity index is 511. The van der Waals surface area contributed by atoms with Crippen molar-refractivity contribution in [2.45, 2.75) is 39.3 Å². The molecule has 0 saturated carbocycles. The first-order valence-electron chi connectivity index (χ1n) is 7.07. The molecule has 20 heavy (non-hydrogen) atoms. The summed E-state index contributed by atoms with van der Waals surface area (Å²) in [6.07, 6.45) is 2.97. The van der Waals surface area contributed by atoms with Gasteiger partial charge in [0.15, 0.2) is 0 Å². The van der Waals surface area contributed by atoms with Gasteiger partial charge in [0.25, 0.3) is 0 Å². The Kier molecular flexibility index (Phi) is 5.56. The second kappa shape index (κ2) is 7.41. The summed E-state index contributed by atoms with van der Waals surface area (Å²) in [5.74, 6) is 0.930. The molecule has 1 aromatic carbocycles. The molecule has 0 aliphatic rings. The molecular weight excluding hydrogens is 268 g/mol. The summed E-state index contributed by atoms with van der Waals surface area (Å²) in [7, 11) is 0. The lowest BCUT2D eigenvalue weighted by Gasteiger charge is -2.19. The molecule has 3 nitrogen and oxygen atoms in total. The highest BCUT2D eigenvalue weighted by molar-refractivity contribution is 7.09. The largest absolute Gasteiger partial charge is 0.491 e. The maximum Gasteiger partial charge on any atom is 0.120 e. The van der Waals surface area contributed by atoms with Crippen LogP contribution in [0.2, 0.25) is 0 Å². The number of nitrogens with zero attached hydrogens (tertiary/aromatic N) is 1. The lowest BCUT2D eigenvalue weighted by molar-refractivity contribution is 0.242. The van der Waals surface area contributed by atoms with Crippen LogP contribution >= 0.6 is 11.3 Å². The van der Waals surface area contributed by atoms with Gasteiger partial charge in [-0.3, -0.25) is 0 Å². The Morgan fingerprint density at radius 1 is 1.35 bits per heavy atom. The van der Waals surface area contributed by atoms with E-state index in [4.69, 9.17) is 4.74 Å². The van der Waals surface area contributed by atoms with Gasteiger partial charge < -0.3 is 10.1 Å². The molecule has 2 rings (SSSR count). The number of hydrogen-bond donors (Lipinski definition) is 1. The lowest BCUT2D eigenvalue weighted by Crippen LogP contribution is -2.23. The molecule has 4 heteroatoms. The van der Waals surface area contributed by atoms with Crippen LogP contribution in [0.25, 0.3) is 0 Å². The van der Waals surface area contributed by atoms with Crippen molar-refractivity contribution in [3.05, 3.63) is 46.4 Å². The summed E-state index contributed by atoms with van der Waals surface area (Å²) in [6.45, 7) is 7.16. The number of rotatable bonds is 7. The van der Waals surface area contributed by atoms with Gasteiger partial charge in [-0.1, -0.05) is 19.1 Å². The van der Waals surface area contributed by atoms with Gasteiger partial charge in [-0.25, -0.2) is 4.98 Å². The first kappa shape index (κ1) is 15.0. The van der Waals surface area contributed by atoms with Gasteiger partial charge in [0.05, 0.1) is 11.1 Å². The second-order valence-electron chi connectivity index (χ2n) is 4.98. The fourth-order valence-corrected chi connectivity index (χ4v) is 2.82. The zero-order chi connectivity index (χ0) is 14.4. The molecule has 0 aliphatic heterocycles. The van der Waals surface area contributed by atoms with Crippen LogP contribution in [-0.2, 0) is 6.42 Å². The summed E-state index contributed by atoms with van der Waals surface area (Å²) in [6, 6.07) is 8.62. The number of benzene rings is 1. The predicted octanol–water partition coefficient (Wildman–Crippen LogP) is 3.82. The van der Waals surface area contributed by atoms with E-state index in [0.717, 1.165) is 23.7 Å². The molecule has 108 valence electrons. The molecule has 1 N–H and O–H groups in total. The molecule has 0 saturated heterocycles. The van der Waals surface area contributed by atoms with Crippen LogP contribution in [0.4, 0.5) is 0 Å². The molecule has 1 aromatic heterocycles. The van der Waals surface area contributed by atoms with Crippen molar-refractivity contribution in [3.63, 3.8) is 0 Å². The maximum atomic E-state index is 5.78. The van der Waals surface area contributed by atoms with Crippen LogP contribution in [0.5, 0.6) is 5.75 Å². The van der Waals surface area contributed by atoms with Crippen molar-refractivity contribution in [3.8, 4) is 5.75 Å². The van der Waals surface area contributed by atoms with Crippen molar-refractivity contribution < 1.29 is 4.74 Å². The topological polar surface area (TPSA) is 34.2 Å². The molecule has 2 aromatic rings. The lowest BCUT2D eigenvalue weighted by atomic mass is 10.0. The van der Waals surface area contributed by atoms with Crippen molar-refractivity contribution in [1.82, 2.24) is 10.3 Å². The average Bonchev–Trinajstić information content (AvgIpc) is 2.91. The van der Waals surface area contributed by atoms with E-state index in [9.17, 15) is 0 Å². The minimum atomic E-state index is 0.196. The Hall–Kier alpha value is -1.39. The average molecular weight is 290 g/mol. The van der Waals surface area contributed by atoms with Crippen LogP contribution < -0.4 is 10.1 Å². The molecular formula is C16H22N2OS. The van der Waals surface area contributed by atoms with Crippen molar-refractivity contribution >= 4 is 11.3 Å². The highest BCUT2D eigenvalue weighted by Crippen LogP contribution is 2.24. The van der Waals surface area contributed by atoms with Crippen molar-refractivity contribution in [1.29, 1.82) is 0 Å². The van der Waals surface area contributed by atoms with Gasteiger partial charge in [0.2, 0.25) is 0 Å². The molecule has 0 radical (unpaired) electrons. The van der Waals surface area contributed by atoms with E-state index >= 15 is 0 Å². The van der Waals surface area contributed by atoms with Crippen LogP contribution in [0.15, 0.2) is 35.8 Å². The molecule has 0 fully saturated rings. The van der Waals surface area contributed by atoms with E-state index in [1.54, 1.807) is 11.3 Å². The molecule has 0 bridgehead atoms. The first-order valence-corrected chi connectivity index (χ1v) is 7.95. The third-order valence-corrected chi connectivity index (χ3v) is 3.75. The second-order valence-corrected chi connectivity index (χ2v) is 5.96. The molecule has 1 atom stereocenters. The van der Waals surface area contributed by atoms with E-state index in [0.29, 0.717) is 0 Å². The fourth-order valence-electron chi connectivity index (χ4n) is 2.16. The highest BCUT2D eigenvalue weighted by atomic mass is 32.1. The summed E-state index contributed by atoms with van der Waals surface area (Å²) < 4.78 is 5.78. The summed E-state index contributed by atoms with van der Waals surface area (Å²) >= 11 is 1.70. The normalized spacial score (nSPS) is 12.6. The maximum absolute atomic E-state index is 5.78. The minimum absolute atomic E-state index is 0.196. The highest BCUT2D eigenvalue weighted by Gasteiger charge is 2.13. The number of thiazole rings is 1. The van der Waals surface area contributed by atoms with Gasteiger partial charge in [-0.15, -0.1) is 11.3 Å². The predicted molar refractivity (Wildman–Crippen MR) is 84.4 cm³/mol. The Morgan fingerprint density at radius 2 is 2.20 bits per heavy atom. The van der Waals surface area contributed by atoms with E-state index in [-0.39, 0.29) is 12.1 Å². The summed E-state index contributed by atoms with van der Waals surface area (Å²) in [5, 5.41) is 6.71. The van der Waals surface area contributed by atoms with Gasteiger partial charge in [0, 0.05) is 24.0 Å². The van der Waals surface area contributed by atoms with Crippen LogP contribution in [0.3, 0.4) is 0 Å². The smallest absolute Gasteiger partial charge is 0.120 e. The van der Waals surface area contributed by atoms with Crippen molar-refractivity contribution in [2.24, 2.45) is 0 Å². The Morgan fingerprint density at radius 3 is 2.85 bits per heavy atom. The summed E-state index contributed by atoms with van der Waals surface area (Å²) in [5.41, 5.74) is 1.25. The zero-order valence-electron chi connectivity index (χ0n) is 12.3.